The Hall–Kier alpha value is -5.96. The van der Waals surface area contributed by atoms with Gasteiger partial charge in [0.1, 0.15) is 11.2 Å². The lowest BCUT2D eigenvalue weighted by molar-refractivity contribution is 0.173. The number of hydrogen-bond acceptors (Lipinski definition) is 8. The molecule has 9 heteroatoms. The van der Waals surface area contributed by atoms with Gasteiger partial charge in [-0.1, -0.05) is 36.4 Å². The molecule has 8 nitrogen and oxygen atoms in total. The van der Waals surface area contributed by atoms with Crippen LogP contribution in [0.2, 0.25) is 0 Å². The van der Waals surface area contributed by atoms with Crippen molar-refractivity contribution in [3.8, 4) is 23.0 Å². The third kappa shape index (κ3) is 3.41. The van der Waals surface area contributed by atoms with Crippen LogP contribution in [0.15, 0.2) is 81.6 Å². The molecule has 11 rings (SSSR count). The molecule has 2 aromatic heterocycles. The molecule has 4 aliphatic heterocycles. The third-order valence-electron chi connectivity index (χ3n) is 10.8. The van der Waals surface area contributed by atoms with Crippen LogP contribution in [0.25, 0.3) is 21.9 Å². The maximum absolute atomic E-state index is 6.96. The van der Waals surface area contributed by atoms with Crippen LogP contribution in [-0.2, 0) is 0 Å². The largest absolute Gasteiger partial charge is 0.454 e. The Labute approximate surface area is 288 Å². The monoisotopic (exact) mass is 658 g/mol. The van der Waals surface area contributed by atoms with E-state index in [1.807, 2.05) is 12.1 Å². The molecule has 0 bridgehead atoms. The maximum atomic E-state index is 6.96. The Kier molecular flexibility index (Phi) is 5.36. The SMILES string of the molecule is Cc1cc2c3c(c1)N(c1c(C)cc4c(c1C)OCO4)c1oc4ccccc4c1B3c1c(oc3ccccc13)N2c1c(C)cc2c(c1C)OCO2. The van der Waals surface area contributed by atoms with Gasteiger partial charge in [-0.2, -0.15) is 0 Å². The highest BCUT2D eigenvalue weighted by atomic mass is 16.7. The van der Waals surface area contributed by atoms with Gasteiger partial charge in [-0.3, -0.25) is 9.80 Å². The first-order chi connectivity index (χ1) is 24.4. The molecule has 0 radical (unpaired) electrons. The summed E-state index contributed by atoms with van der Waals surface area (Å²) in [5, 5.41) is 2.15. The number of ether oxygens (including phenoxy) is 4. The number of aryl methyl sites for hydroxylation is 3. The molecule has 0 amide bonds. The number of furan rings is 2. The van der Waals surface area contributed by atoms with Gasteiger partial charge in [0.25, 0.3) is 6.71 Å². The maximum Gasteiger partial charge on any atom is 0.262 e. The fourth-order valence-corrected chi connectivity index (χ4v) is 8.92. The van der Waals surface area contributed by atoms with Crippen LogP contribution in [-0.4, -0.2) is 20.3 Å². The van der Waals surface area contributed by atoms with Crippen LogP contribution >= 0.6 is 0 Å². The molecule has 0 saturated carbocycles. The summed E-state index contributed by atoms with van der Waals surface area (Å²) in [6.45, 7) is 10.9. The summed E-state index contributed by atoms with van der Waals surface area (Å²) >= 11 is 0. The lowest BCUT2D eigenvalue weighted by Crippen LogP contribution is -2.61. The minimum absolute atomic E-state index is 0.172. The van der Waals surface area contributed by atoms with Crippen molar-refractivity contribution in [1.82, 2.24) is 0 Å². The predicted molar refractivity (Wildman–Crippen MR) is 196 cm³/mol. The Morgan fingerprint density at radius 1 is 0.540 bits per heavy atom. The van der Waals surface area contributed by atoms with Crippen LogP contribution in [0.1, 0.15) is 27.8 Å². The van der Waals surface area contributed by atoms with E-state index < -0.39 is 0 Å². The molecule has 4 aliphatic rings. The van der Waals surface area contributed by atoms with Crippen molar-refractivity contribution in [2.45, 2.75) is 34.6 Å². The first-order valence-electron chi connectivity index (χ1n) is 17.0. The Morgan fingerprint density at radius 3 is 1.48 bits per heavy atom. The molecule has 0 N–H and O–H groups in total. The lowest BCUT2D eigenvalue weighted by Gasteiger charge is -2.42. The Balaban J connectivity index is 1.31. The second kappa shape index (κ2) is 9.60. The third-order valence-corrected chi connectivity index (χ3v) is 10.8. The molecule has 0 unspecified atom stereocenters. The first kappa shape index (κ1) is 27.9. The molecule has 0 saturated heterocycles. The van der Waals surface area contributed by atoms with Crippen LogP contribution in [0, 0.1) is 34.6 Å². The Morgan fingerprint density at radius 2 is 1.00 bits per heavy atom. The van der Waals surface area contributed by atoms with Crippen molar-refractivity contribution < 1.29 is 27.8 Å². The summed E-state index contributed by atoms with van der Waals surface area (Å²) in [5.41, 5.74) is 14.5. The number of anilines is 6. The lowest BCUT2D eigenvalue weighted by atomic mass is 9.33. The zero-order valence-corrected chi connectivity index (χ0v) is 28.3. The van der Waals surface area contributed by atoms with Gasteiger partial charge >= 0.3 is 0 Å². The molecule has 50 heavy (non-hydrogen) atoms. The highest BCUT2D eigenvalue weighted by Gasteiger charge is 2.50. The number of nitrogens with zero attached hydrogens (tertiary/aromatic N) is 2. The van der Waals surface area contributed by atoms with E-state index in [1.165, 1.54) is 5.46 Å². The molecular weight excluding hydrogens is 627 g/mol. The molecular formula is C41H31BN2O6. The van der Waals surface area contributed by atoms with Gasteiger partial charge in [0, 0.05) is 44.2 Å². The standard InChI is InChI=1S/C41H31BN2O6/c1-20-14-27-35-28(15-20)44(37-22(3)17-32-39(24(37)5)48-19-46-32)41-34(26-11-7-9-13-30(26)50-41)42(35)33-25-10-6-8-12-29(25)49-40(33)43(27)36-21(2)16-31-38(23(36)4)47-18-45-31/h6-17H,18-19H2,1-5H3. The molecule has 0 fully saturated rings. The van der Waals surface area contributed by atoms with E-state index in [2.05, 4.69) is 105 Å². The zero-order valence-electron chi connectivity index (χ0n) is 28.3. The summed E-state index contributed by atoms with van der Waals surface area (Å²) in [4.78, 5) is 4.63. The number of para-hydroxylation sites is 2. The quantitative estimate of drug-likeness (QED) is 0.172. The molecule has 7 aromatic rings. The van der Waals surface area contributed by atoms with Crippen LogP contribution < -0.4 is 45.1 Å². The summed E-state index contributed by atoms with van der Waals surface area (Å²) in [7, 11) is 0. The normalized spacial score (nSPS) is 14.9. The predicted octanol–water partition coefficient (Wildman–Crippen LogP) is 8.26. The van der Waals surface area contributed by atoms with Gasteiger partial charge in [-0.15, -0.1) is 0 Å². The second-order valence-corrected chi connectivity index (χ2v) is 13.8. The number of fused-ring (bicyclic) bond motifs is 10. The van der Waals surface area contributed by atoms with Gasteiger partial charge in [-0.05, 0) is 93.2 Å². The van der Waals surface area contributed by atoms with Gasteiger partial charge in [0.15, 0.2) is 23.0 Å². The summed E-state index contributed by atoms with van der Waals surface area (Å²) < 4.78 is 37.7. The molecule has 0 aliphatic carbocycles. The fourth-order valence-electron chi connectivity index (χ4n) is 8.92. The van der Waals surface area contributed by atoms with Crippen molar-refractivity contribution in [1.29, 1.82) is 0 Å². The minimum atomic E-state index is -0.172. The second-order valence-electron chi connectivity index (χ2n) is 13.8. The van der Waals surface area contributed by atoms with Crippen molar-refractivity contribution in [2.24, 2.45) is 0 Å². The summed E-state index contributed by atoms with van der Waals surface area (Å²) in [6, 6.07) is 25.5. The topological polar surface area (TPSA) is 69.7 Å². The molecule has 6 heterocycles. The van der Waals surface area contributed by atoms with E-state index in [4.69, 9.17) is 27.8 Å². The van der Waals surface area contributed by atoms with Gasteiger partial charge in [0.2, 0.25) is 25.4 Å². The van der Waals surface area contributed by atoms with E-state index in [9.17, 15) is 0 Å². The molecule has 0 spiro atoms. The average Bonchev–Trinajstić information content (AvgIpc) is 3.91. The van der Waals surface area contributed by atoms with Gasteiger partial charge in [0.05, 0.1) is 11.4 Å². The summed E-state index contributed by atoms with van der Waals surface area (Å²) in [6.07, 6.45) is 0. The fraction of sp³-hybridized carbons (Fsp3) is 0.171. The van der Waals surface area contributed by atoms with E-state index in [-0.39, 0.29) is 20.3 Å². The van der Waals surface area contributed by atoms with E-state index >= 15 is 0 Å². The van der Waals surface area contributed by atoms with E-state index in [1.54, 1.807) is 0 Å². The van der Waals surface area contributed by atoms with Crippen LogP contribution in [0.4, 0.5) is 34.5 Å². The van der Waals surface area contributed by atoms with Crippen molar-refractivity contribution in [3.63, 3.8) is 0 Å². The van der Waals surface area contributed by atoms with Crippen molar-refractivity contribution in [2.75, 3.05) is 23.4 Å². The summed E-state index contributed by atoms with van der Waals surface area (Å²) in [5.74, 6) is 4.66. The van der Waals surface area contributed by atoms with Crippen molar-refractivity contribution >= 4 is 79.6 Å². The van der Waals surface area contributed by atoms with Gasteiger partial charge < -0.3 is 27.8 Å². The minimum Gasteiger partial charge on any atom is -0.454 e. The average molecular weight is 659 g/mol. The molecule has 244 valence electrons. The molecule has 0 atom stereocenters. The highest BCUT2D eigenvalue weighted by Crippen LogP contribution is 2.53. The Bertz CT molecular complexity index is 2480. The number of benzene rings is 5. The van der Waals surface area contributed by atoms with Gasteiger partial charge in [-0.25, -0.2) is 0 Å². The van der Waals surface area contributed by atoms with Crippen LogP contribution in [0.3, 0.4) is 0 Å². The molecule has 5 aromatic carbocycles. The smallest absolute Gasteiger partial charge is 0.262 e. The number of rotatable bonds is 2. The van der Waals surface area contributed by atoms with Crippen LogP contribution in [0.5, 0.6) is 23.0 Å². The van der Waals surface area contributed by atoms with E-state index in [0.717, 1.165) is 118 Å². The van der Waals surface area contributed by atoms with E-state index in [0.29, 0.717) is 0 Å². The first-order valence-corrected chi connectivity index (χ1v) is 17.0. The highest BCUT2D eigenvalue weighted by molar-refractivity contribution is 7.02. The zero-order chi connectivity index (χ0) is 33.6. The number of hydrogen-bond donors (Lipinski definition) is 0. The van der Waals surface area contributed by atoms with Crippen molar-refractivity contribution in [3.05, 3.63) is 101 Å².